The van der Waals surface area contributed by atoms with Gasteiger partial charge in [0.05, 0.1) is 16.3 Å². The van der Waals surface area contributed by atoms with Crippen molar-refractivity contribution in [2.75, 3.05) is 0 Å². The molecule has 1 aliphatic heterocycles. The fourth-order valence-corrected chi connectivity index (χ4v) is 3.99. The highest BCUT2D eigenvalue weighted by molar-refractivity contribution is 5.63. The Labute approximate surface area is 178 Å². The summed E-state index contributed by atoms with van der Waals surface area (Å²) in [6, 6.07) is 5.71. The van der Waals surface area contributed by atoms with Crippen LogP contribution in [0.4, 0.5) is 13.6 Å². The maximum absolute atomic E-state index is 12.9. The fraction of sp³-hybridized carbons (Fsp3) is 0.476. The largest absolute Gasteiger partial charge is 0.513 e. The summed E-state index contributed by atoms with van der Waals surface area (Å²) in [6.45, 7) is -0.0623. The van der Waals surface area contributed by atoms with Crippen molar-refractivity contribution in [3.63, 3.8) is 0 Å². The lowest BCUT2D eigenvalue weighted by molar-refractivity contribution is -0.431. The highest BCUT2D eigenvalue weighted by Gasteiger charge is 2.41. The number of carbonyl (C=O) groups is 1. The zero-order chi connectivity index (χ0) is 22.5. The lowest BCUT2D eigenvalue weighted by atomic mass is 9.89. The fourth-order valence-electron chi connectivity index (χ4n) is 3.99. The van der Waals surface area contributed by atoms with Gasteiger partial charge in [0.2, 0.25) is 0 Å². The first-order valence-electron chi connectivity index (χ1n) is 10.0. The molecule has 1 fully saturated rings. The van der Waals surface area contributed by atoms with Crippen LogP contribution in [0.5, 0.6) is 5.75 Å². The van der Waals surface area contributed by atoms with Crippen molar-refractivity contribution in [2.24, 2.45) is 0 Å². The van der Waals surface area contributed by atoms with E-state index < -0.39 is 23.6 Å². The number of hydrogen-bond acceptors (Lipinski definition) is 7. The second kappa shape index (κ2) is 9.76. The Kier molecular flexibility index (Phi) is 7.09. The zero-order valence-electron chi connectivity index (χ0n) is 17.2. The van der Waals surface area contributed by atoms with Gasteiger partial charge in [0.1, 0.15) is 23.5 Å². The number of nitro groups is 1. The maximum Gasteiger partial charge on any atom is 0.513 e. The first kappa shape index (κ1) is 22.5. The molecule has 168 valence electrons. The van der Waals surface area contributed by atoms with Crippen LogP contribution in [-0.4, -0.2) is 23.8 Å². The molecular formula is C21H24F2N2O6. The van der Waals surface area contributed by atoms with Gasteiger partial charge >= 0.3 is 12.8 Å². The summed E-state index contributed by atoms with van der Waals surface area (Å²) in [4.78, 5) is 23.7. The van der Waals surface area contributed by atoms with Crippen LogP contribution in [0, 0.1) is 10.1 Å². The number of halogens is 2. The number of rotatable bonds is 6. The second-order valence-electron chi connectivity index (χ2n) is 7.46. The van der Waals surface area contributed by atoms with Crippen molar-refractivity contribution in [1.82, 2.24) is 5.32 Å². The molecular weight excluding hydrogens is 414 g/mol. The normalized spacial score (nSPS) is 19.8. The van der Waals surface area contributed by atoms with Gasteiger partial charge in [-0.2, -0.15) is 8.78 Å². The predicted molar refractivity (Wildman–Crippen MR) is 106 cm³/mol. The third kappa shape index (κ3) is 5.31. The summed E-state index contributed by atoms with van der Waals surface area (Å²) in [6.07, 6.45) is 3.13. The standard InChI is InChI=1S/C21H24F2N2O6/c1-12-18(25(27)28)17(15-10-6-7-11-16(15)30-20(22)23)19(13(2)24-12)31-21(26)29-14-8-4-3-5-9-14/h6-7,10-11,14,17,20,24H,3-5,8-9H2,1-2H3. The molecule has 1 atom stereocenters. The molecule has 0 radical (unpaired) electrons. The Bertz CT molecular complexity index is 909. The van der Waals surface area contributed by atoms with Gasteiger partial charge in [0.25, 0.3) is 5.70 Å². The number of carbonyl (C=O) groups excluding carboxylic acids is 1. The summed E-state index contributed by atoms with van der Waals surface area (Å²) >= 11 is 0. The first-order valence-corrected chi connectivity index (χ1v) is 10.0. The highest BCUT2D eigenvalue weighted by Crippen LogP contribution is 2.42. The summed E-state index contributed by atoms with van der Waals surface area (Å²) in [5, 5.41) is 14.7. The van der Waals surface area contributed by atoms with Gasteiger partial charge in [-0.1, -0.05) is 24.6 Å². The molecule has 0 spiro atoms. The molecule has 1 aromatic rings. The van der Waals surface area contributed by atoms with Crippen LogP contribution in [0.2, 0.25) is 0 Å². The van der Waals surface area contributed by atoms with Crippen molar-refractivity contribution in [1.29, 1.82) is 0 Å². The lowest BCUT2D eigenvalue weighted by Crippen LogP contribution is -2.31. The Morgan fingerprint density at radius 2 is 1.84 bits per heavy atom. The summed E-state index contributed by atoms with van der Waals surface area (Å²) in [5.41, 5.74) is 0.277. The maximum atomic E-state index is 12.9. The van der Waals surface area contributed by atoms with Crippen LogP contribution in [0.3, 0.4) is 0 Å². The molecule has 0 saturated heterocycles. The number of ether oxygens (including phenoxy) is 3. The van der Waals surface area contributed by atoms with E-state index in [-0.39, 0.29) is 34.6 Å². The number of nitrogens with zero attached hydrogens (tertiary/aromatic N) is 1. The number of benzene rings is 1. The number of alkyl halides is 2. The molecule has 1 unspecified atom stereocenters. The van der Waals surface area contributed by atoms with Crippen molar-refractivity contribution in [3.8, 4) is 5.75 Å². The number of allylic oxidation sites excluding steroid dienone is 2. The van der Waals surface area contributed by atoms with Crippen LogP contribution in [0.1, 0.15) is 57.4 Å². The summed E-state index contributed by atoms with van der Waals surface area (Å²) < 4.78 is 41.3. The minimum atomic E-state index is -3.13. The van der Waals surface area contributed by atoms with E-state index in [9.17, 15) is 23.7 Å². The second-order valence-corrected chi connectivity index (χ2v) is 7.46. The zero-order valence-corrected chi connectivity index (χ0v) is 17.2. The lowest BCUT2D eigenvalue weighted by Gasteiger charge is -2.28. The molecule has 0 amide bonds. The van der Waals surface area contributed by atoms with E-state index in [1.807, 2.05) is 0 Å². The van der Waals surface area contributed by atoms with E-state index in [2.05, 4.69) is 10.1 Å². The molecule has 1 aromatic carbocycles. The van der Waals surface area contributed by atoms with E-state index in [4.69, 9.17) is 9.47 Å². The number of hydrogen-bond donors (Lipinski definition) is 1. The smallest absolute Gasteiger partial charge is 0.435 e. The molecule has 31 heavy (non-hydrogen) atoms. The predicted octanol–water partition coefficient (Wildman–Crippen LogP) is 5.20. The Balaban J connectivity index is 1.97. The molecule has 10 heteroatoms. The van der Waals surface area contributed by atoms with Gasteiger partial charge in [-0.05, 0) is 45.6 Å². The monoisotopic (exact) mass is 438 g/mol. The van der Waals surface area contributed by atoms with E-state index >= 15 is 0 Å². The average molecular weight is 438 g/mol. The highest BCUT2D eigenvalue weighted by atomic mass is 19.3. The van der Waals surface area contributed by atoms with Crippen molar-refractivity contribution >= 4 is 6.16 Å². The molecule has 2 aliphatic rings. The van der Waals surface area contributed by atoms with Gasteiger partial charge in [-0.25, -0.2) is 4.79 Å². The molecule has 0 bridgehead atoms. The van der Waals surface area contributed by atoms with Crippen molar-refractivity contribution in [2.45, 2.75) is 64.6 Å². The van der Waals surface area contributed by atoms with Crippen LogP contribution in [-0.2, 0) is 9.47 Å². The van der Waals surface area contributed by atoms with Crippen LogP contribution in [0.25, 0.3) is 0 Å². The molecule has 0 aromatic heterocycles. The molecule has 1 heterocycles. The SMILES string of the molecule is CC1=C(OC(=O)OC2CCCCC2)C(c2ccccc2OC(F)F)C([N+](=O)[O-])=C(C)N1. The van der Waals surface area contributed by atoms with E-state index in [1.54, 1.807) is 6.92 Å². The number of dihydropyridines is 1. The Hall–Kier alpha value is -3.17. The molecule has 1 aliphatic carbocycles. The van der Waals surface area contributed by atoms with Gasteiger partial charge in [0, 0.05) is 5.56 Å². The van der Waals surface area contributed by atoms with Gasteiger partial charge < -0.3 is 19.5 Å². The molecule has 1 N–H and O–H groups in total. The third-order valence-corrected chi connectivity index (χ3v) is 5.32. The summed E-state index contributed by atoms with van der Waals surface area (Å²) in [5.74, 6) is -1.58. The Morgan fingerprint density at radius 3 is 2.48 bits per heavy atom. The minimum absolute atomic E-state index is 0.0789. The van der Waals surface area contributed by atoms with Gasteiger partial charge in [0.15, 0.2) is 0 Å². The van der Waals surface area contributed by atoms with Crippen LogP contribution in [0.15, 0.2) is 47.1 Å². The van der Waals surface area contributed by atoms with E-state index in [1.165, 1.54) is 31.2 Å². The van der Waals surface area contributed by atoms with Crippen molar-refractivity contribution < 1.29 is 32.7 Å². The topological polar surface area (TPSA) is 99.9 Å². The number of para-hydroxylation sites is 1. The molecule has 3 rings (SSSR count). The third-order valence-electron chi connectivity index (χ3n) is 5.32. The Morgan fingerprint density at radius 1 is 1.16 bits per heavy atom. The van der Waals surface area contributed by atoms with Crippen LogP contribution < -0.4 is 10.1 Å². The first-order chi connectivity index (χ1) is 14.8. The molecule has 8 nitrogen and oxygen atoms in total. The van der Waals surface area contributed by atoms with Gasteiger partial charge in [-0.15, -0.1) is 0 Å². The number of nitrogens with one attached hydrogen (secondary N) is 1. The van der Waals surface area contributed by atoms with E-state index in [0.29, 0.717) is 5.70 Å². The van der Waals surface area contributed by atoms with Crippen LogP contribution >= 0.6 is 0 Å². The van der Waals surface area contributed by atoms with Gasteiger partial charge in [-0.3, -0.25) is 10.1 Å². The average Bonchev–Trinajstić information content (AvgIpc) is 2.70. The van der Waals surface area contributed by atoms with Crippen molar-refractivity contribution in [3.05, 3.63) is 62.8 Å². The quantitative estimate of drug-likeness (QED) is 0.370. The molecule has 1 saturated carbocycles. The summed E-state index contributed by atoms with van der Waals surface area (Å²) in [7, 11) is 0. The minimum Gasteiger partial charge on any atom is -0.435 e. The van der Waals surface area contributed by atoms with E-state index in [0.717, 1.165) is 32.1 Å².